The van der Waals surface area contributed by atoms with Crippen molar-refractivity contribution in [3.8, 4) is 0 Å². The van der Waals surface area contributed by atoms with Crippen LogP contribution in [0.5, 0.6) is 0 Å². The number of hydrogen-bond acceptors (Lipinski definition) is 3. The normalized spacial score (nSPS) is 17.8. The van der Waals surface area contributed by atoms with Crippen LogP contribution in [-0.2, 0) is 15.8 Å². The van der Waals surface area contributed by atoms with Crippen LogP contribution in [0.3, 0.4) is 0 Å². The molecule has 1 fully saturated rings. The lowest BCUT2D eigenvalue weighted by Gasteiger charge is -2.28. The Kier molecular flexibility index (Phi) is 6.53. The zero-order valence-corrected chi connectivity index (χ0v) is 15.0. The highest BCUT2D eigenvalue weighted by Gasteiger charge is 2.18. The van der Waals surface area contributed by atoms with Gasteiger partial charge in [-0.15, -0.1) is 0 Å². The van der Waals surface area contributed by atoms with Crippen LogP contribution in [0.25, 0.3) is 0 Å². The van der Waals surface area contributed by atoms with E-state index in [2.05, 4.69) is 16.7 Å². The lowest BCUT2D eigenvalue weighted by atomic mass is 9.94. The molecule has 0 aliphatic carbocycles. The zero-order valence-electron chi connectivity index (χ0n) is 12.7. The van der Waals surface area contributed by atoms with Crippen molar-refractivity contribution in [1.29, 1.82) is 0 Å². The van der Waals surface area contributed by atoms with Crippen LogP contribution in [0.1, 0.15) is 24.8 Å². The van der Waals surface area contributed by atoms with E-state index in [0.29, 0.717) is 28.1 Å². The monoisotopic (exact) mass is 364 g/mol. The predicted molar refractivity (Wildman–Crippen MR) is 91.9 cm³/mol. The Balaban J connectivity index is 1.79. The first-order valence-corrected chi connectivity index (χ1v) is 9.86. The first kappa shape index (κ1) is 18.0. The fourth-order valence-electron chi connectivity index (χ4n) is 2.67. The summed E-state index contributed by atoms with van der Waals surface area (Å²) in [6.07, 6.45) is 3.19. The van der Waals surface area contributed by atoms with Crippen molar-refractivity contribution in [3.63, 3.8) is 0 Å². The molecule has 1 aromatic carbocycles. The number of hydrogen-bond donors (Lipinski definition) is 1. The quantitative estimate of drug-likeness (QED) is 0.843. The zero-order chi connectivity index (χ0) is 16.2. The smallest absolute Gasteiger partial charge is 0.215 e. The number of halogens is 2. The van der Waals surface area contributed by atoms with Crippen molar-refractivity contribution < 1.29 is 8.42 Å². The summed E-state index contributed by atoms with van der Waals surface area (Å²) in [5.74, 6) is 0.543. The Morgan fingerprint density at radius 3 is 2.55 bits per heavy atom. The summed E-state index contributed by atoms with van der Waals surface area (Å²) < 4.78 is 26.9. The fraction of sp³-hybridized carbons (Fsp3) is 0.600. The molecule has 22 heavy (non-hydrogen) atoms. The van der Waals surface area contributed by atoms with Gasteiger partial charge in [0.15, 0.2) is 0 Å². The Labute approximate surface area is 142 Å². The van der Waals surface area contributed by atoms with E-state index in [1.165, 1.54) is 0 Å². The van der Waals surface area contributed by atoms with Gasteiger partial charge in [0.05, 0.1) is 15.8 Å². The lowest BCUT2D eigenvalue weighted by Crippen LogP contribution is -2.33. The van der Waals surface area contributed by atoms with Gasteiger partial charge < -0.3 is 4.90 Å². The van der Waals surface area contributed by atoms with Crippen LogP contribution in [0.2, 0.25) is 10.0 Å². The predicted octanol–water partition coefficient (Wildman–Crippen LogP) is 3.14. The topological polar surface area (TPSA) is 49.4 Å². The molecule has 0 saturated carbocycles. The maximum Gasteiger partial charge on any atom is 0.215 e. The van der Waals surface area contributed by atoms with E-state index in [-0.39, 0.29) is 5.75 Å². The highest BCUT2D eigenvalue weighted by atomic mass is 35.5. The first-order chi connectivity index (χ1) is 10.4. The van der Waals surface area contributed by atoms with Crippen molar-refractivity contribution in [2.75, 3.05) is 26.7 Å². The summed E-state index contributed by atoms with van der Waals surface area (Å²) >= 11 is 11.7. The van der Waals surface area contributed by atoms with Crippen LogP contribution < -0.4 is 4.72 Å². The Morgan fingerprint density at radius 2 is 1.91 bits per heavy atom. The average molecular weight is 365 g/mol. The summed E-state index contributed by atoms with van der Waals surface area (Å²) in [5, 5.41) is 0.804. The van der Waals surface area contributed by atoms with E-state index >= 15 is 0 Å². The minimum Gasteiger partial charge on any atom is -0.306 e. The maximum atomic E-state index is 12.1. The van der Waals surface area contributed by atoms with Gasteiger partial charge >= 0.3 is 0 Å². The van der Waals surface area contributed by atoms with E-state index in [4.69, 9.17) is 23.2 Å². The molecule has 1 N–H and O–H groups in total. The van der Waals surface area contributed by atoms with E-state index in [9.17, 15) is 8.42 Å². The lowest BCUT2D eigenvalue weighted by molar-refractivity contribution is 0.213. The van der Waals surface area contributed by atoms with Gasteiger partial charge in [-0.2, -0.15) is 0 Å². The van der Waals surface area contributed by atoms with Gasteiger partial charge in [0.25, 0.3) is 0 Å². The molecule has 1 saturated heterocycles. The van der Waals surface area contributed by atoms with Crippen molar-refractivity contribution >= 4 is 33.2 Å². The van der Waals surface area contributed by atoms with E-state index in [0.717, 1.165) is 32.4 Å². The van der Waals surface area contributed by atoms with Gasteiger partial charge in [-0.25, -0.2) is 13.1 Å². The molecule has 0 amide bonds. The van der Waals surface area contributed by atoms with Crippen LogP contribution >= 0.6 is 23.2 Å². The molecular weight excluding hydrogens is 343 g/mol. The molecule has 0 unspecified atom stereocenters. The molecule has 4 nitrogen and oxygen atoms in total. The van der Waals surface area contributed by atoms with E-state index in [1.54, 1.807) is 18.2 Å². The molecule has 7 heteroatoms. The van der Waals surface area contributed by atoms with Crippen molar-refractivity contribution in [3.05, 3.63) is 33.8 Å². The van der Waals surface area contributed by atoms with Crippen molar-refractivity contribution in [2.24, 2.45) is 5.92 Å². The molecule has 1 aliphatic heterocycles. The molecule has 2 rings (SSSR count). The highest BCUT2D eigenvalue weighted by Crippen LogP contribution is 2.23. The van der Waals surface area contributed by atoms with Gasteiger partial charge in [0, 0.05) is 6.54 Å². The summed E-state index contributed by atoms with van der Waals surface area (Å²) in [6.45, 7) is 2.69. The van der Waals surface area contributed by atoms with Gasteiger partial charge in [-0.05, 0) is 63.0 Å². The Hall–Kier alpha value is -0.330. The molecule has 1 heterocycles. The van der Waals surface area contributed by atoms with Gasteiger partial charge in [-0.3, -0.25) is 0 Å². The minimum absolute atomic E-state index is 0.0721. The van der Waals surface area contributed by atoms with Crippen LogP contribution in [0, 0.1) is 5.92 Å². The van der Waals surface area contributed by atoms with E-state index in [1.807, 2.05) is 0 Å². The molecular formula is C15H22Cl2N2O2S. The third-order valence-corrected chi connectivity index (χ3v) is 6.15. The van der Waals surface area contributed by atoms with Crippen LogP contribution in [0.4, 0.5) is 0 Å². The van der Waals surface area contributed by atoms with Crippen molar-refractivity contribution in [1.82, 2.24) is 9.62 Å². The number of piperidine rings is 1. The number of likely N-dealkylation sites (tertiary alicyclic amines) is 1. The number of rotatable bonds is 6. The number of nitrogens with zero attached hydrogens (tertiary/aromatic N) is 1. The second-order valence-electron chi connectivity index (χ2n) is 5.94. The Bertz CT molecular complexity index is 600. The number of nitrogens with one attached hydrogen (secondary N) is 1. The Morgan fingerprint density at radius 1 is 1.23 bits per heavy atom. The largest absolute Gasteiger partial charge is 0.306 e. The summed E-state index contributed by atoms with van der Waals surface area (Å²) in [7, 11) is -1.22. The van der Waals surface area contributed by atoms with Crippen molar-refractivity contribution in [2.45, 2.75) is 25.0 Å². The standard InChI is InChI=1S/C15H22Cl2N2O2S/c1-19-8-5-12(6-9-19)4-7-18-22(20,21)11-13-2-3-14(16)15(17)10-13/h2-3,10,12,18H,4-9,11H2,1H3. The van der Waals surface area contributed by atoms with Gasteiger partial charge in [0.1, 0.15) is 0 Å². The molecule has 0 radical (unpaired) electrons. The van der Waals surface area contributed by atoms with Crippen LogP contribution in [-0.4, -0.2) is 40.0 Å². The molecule has 124 valence electrons. The number of sulfonamides is 1. The highest BCUT2D eigenvalue weighted by molar-refractivity contribution is 7.88. The first-order valence-electron chi connectivity index (χ1n) is 7.45. The van der Waals surface area contributed by atoms with E-state index < -0.39 is 10.0 Å². The average Bonchev–Trinajstić information content (AvgIpc) is 2.45. The molecule has 1 aliphatic rings. The summed E-state index contributed by atoms with van der Waals surface area (Å²) in [6, 6.07) is 4.90. The third-order valence-electron chi connectivity index (χ3n) is 4.05. The fourth-order valence-corrected chi connectivity index (χ4v) is 4.14. The SMILES string of the molecule is CN1CCC(CCNS(=O)(=O)Cc2ccc(Cl)c(Cl)c2)CC1. The summed E-state index contributed by atoms with van der Waals surface area (Å²) in [5.41, 5.74) is 0.640. The second-order valence-corrected chi connectivity index (χ2v) is 8.56. The third kappa shape index (κ3) is 5.70. The molecule has 0 bridgehead atoms. The summed E-state index contributed by atoms with van der Waals surface area (Å²) in [4.78, 5) is 2.31. The molecule has 0 aromatic heterocycles. The van der Waals surface area contributed by atoms with Crippen LogP contribution in [0.15, 0.2) is 18.2 Å². The van der Waals surface area contributed by atoms with Gasteiger partial charge in [-0.1, -0.05) is 29.3 Å². The minimum atomic E-state index is -3.34. The number of benzene rings is 1. The maximum absolute atomic E-state index is 12.1. The molecule has 1 aromatic rings. The second kappa shape index (κ2) is 7.97. The molecule has 0 spiro atoms. The van der Waals surface area contributed by atoms with Gasteiger partial charge in [0.2, 0.25) is 10.0 Å². The molecule has 0 atom stereocenters.